The van der Waals surface area contributed by atoms with Crippen LogP contribution >= 0.6 is 0 Å². The van der Waals surface area contributed by atoms with Crippen LogP contribution in [-0.2, 0) is 4.74 Å². The third-order valence-electron chi connectivity index (χ3n) is 3.39. The van der Waals surface area contributed by atoms with Crippen LogP contribution in [0.1, 0.15) is 37.6 Å². The summed E-state index contributed by atoms with van der Waals surface area (Å²) in [5.41, 5.74) is 0.0967. The van der Waals surface area contributed by atoms with Crippen molar-refractivity contribution in [2.24, 2.45) is 0 Å². The van der Waals surface area contributed by atoms with Gasteiger partial charge < -0.3 is 14.4 Å². The third-order valence-corrected chi connectivity index (χ3v) is 3.39. The minimum atomic E-state index is -0.529. The summed E-state index contributed by atoms with van der Waals surface area (Å²) in [4.78, 5) is 24.6. The monoisotopic (exact) mass is 324 g/mol. The fraction of sp³-hybridized carbons (Fsp3) is 0.562. The van der Waals surface area contributed by atoms with E-state index in [-0.39, 0.29) is 23.6 Å². The fourth-order valence-corrected chi connectivity index (χ4v) is 2.01. The molecule has 0 heterocycles. The molecule has 0 bridgehead atoms. The van der Waals surface area contributed by atoms with Crippen molar-refractivity contribution >= 4 is 11.7 Å². The molecule has 1 rings (SSSR count). The van der Waals surface area contributed by atoms with Crippen LogP contribution in [0, 0.1) is 10.1 Å². The lowest BCUT2D eigenvalue weighted by molar-refractivity contribution is -0.384. The van der Waals surface area contributed by atoms with Gasteiger partial charge in [-0.15, -0.1) is 0 Å². The summed E-state index contributed by atoms with van der Waals surface area (Å²) < 4.78 is 10.7. The van der Waals surface area contributed by atoms with E-state index in [0.717, 1.165) is 19.5 Å². The molecule has 7 nitrogen and oxygen atoms in total. The number of benzene rings is 1. The number of carbonyl (C=O) groups is 1. The smallest absolute Gasteiger partial charge is 0.341 e. The number of carbonyl (C=O) groups excluding carboxylic acids is 1. The average molecular weight is 324 g/mol. The van der Waals surface area contributed by atoms with Crippen molar-refractivity contribution in [3.05, 3.63) is 33.9 Å². The molecule has 0 aliphatic rings. The highest BCUT2D eigenvalue weighted by molar-refractivity contribution is 5.93. The number of non-ortho nitro benzene ring substituents is 1. The second kappa shape index (κ2) is 9.78. The van der Waals surface area contributed by atoms with Crippen LogP contribution in [0.5, 0.6) is 5.75 Å². The van der Waals surface area contributed by atoms with Gasteiger partial charge in [-0.25, -0.2) is 4.79 Å². The third kappa shape index (κ3) is 5.86. The van der Waals surface area contributed by atoms with Crippen LogP contribution in [0.15, 0.2) is 18.2 Å². The lowest BCUT2D eigenvalue weighted by Gasteiger charge is -2.17. The molecule has 0 fully saturated rings. The molecule has 0 atom stereocenters. The molecule has 23 heavy (non-hydrogen) atoms. The Morgan fingerprint density at radius 2 is 1.91 bits per heavy atom. The summed E-state index contributed by atoms with van der Waals surface area (Å²) in [5, 5.41) is 10.8. The number of likely N-dealkylation sites (N-methyl/N-ethyl adjacent to an activating group) is 1. The molecular weight excluding hydrogens is 300 g/mol. The SMILES string of the molecule is CCCOc1cc([N+](=O)[O-])ccc1C(=O)OCCN(CC)CC. The summed E-state index contributed by atoms with van der Waals surface area (Å²) >= 11 is 0. The Hall–Kier alpha value is -2.15. The molecule has 0 saturated carbocycles. The van der Waals surface area contributed by atoms with E-state index in [1.807, 2.05) is 20.8 Å². The number of esters is 1. The second-order valence-electron chi connectivity index (χ2n) is 4.95. The first-order valence-corrected chi connectivity index (χ1v) is 7.84. The summed E-state index contributed by atoms with van der Waals surface area (Å²) in [6.45, 7) is 9.06. The van der Waals surface area contributed by atoms with Crippen LogP contribution in [-0.4, -0.2) is 48.6 Å². The van der Waals surface area contributed by atoms with Crippen LogP contribution in [0.3, 0.4) is 0 Å². The molecule has 0 unspecified atom stereocenters. The molecule has 0 radical (unpaired) electrons. The molecule has 0 aliphatic carbocycles. The van der Waals surface area contributed by atoms with Crippen LogP contribution in [0.2, 0.25) is 0 Å². The van der Waals surface area contributed by atoms with Gasteiger partial charge in [-0.05, 0) is 25.6 Å². The Labute approximate surface area is 136 Å². The van der Waals surface area contributed by atoms with Crippen molar-refractivity contribution in [1.29, 1.82) is 0 Å². The van der Waals surface area contributed by atoms with E-state index in [2.05, 4.69) is 4.90 Å². The number of rotatable bonds is 10. The summed E-state index contributed by atoms with van der Waals surface area (Å²) in [6, 6.07) is 3.92. The van der Waals surface area contributed by atoms with E-state index < -0.39 is 10.9 Å². The maximum atomic E-state index is 12.2. The number of nitro benzene ring substituents is 1. The van der Waals surface area contributed by atoms with Gasteiger partial charge >= 0.3 is 5.97 Å². The van der Waals surface area contributed by atoms with E-state index in [9.17, 15) is 14.9 Å². The highest BCUT2D eigenvalue weighted by atomic mass is 16.6. The van der Waals surface area contributed by atoms with Crippen molar-refractivity contribution in [1.82, 2.24) is 4.90 Å². The van der Waals surface area contributed by atoms with Gasteiger partial charge in [0.05, 0.1) is 17.6 Å². The van der Waals surface area contributed by atoms with E-state index in [0.29, 0.717) is 13.2 Å². The van der Waals surface area contributed by atoms with Crippen molar-refractivity contribution in [2.75, 3.05) is 32.8 Å². The second-order valence-corrected chi connectivity index (χ2v) is 4.95. The molecule has 0 aromatic heterocycles. The lowest BCUT2D eigenvalue weighted by atomic mass is 10.2. The highest BCUT2D eigenvalue weighted by Crippen LogP contribution is 2.25. The number of ether oxygens (including phenoxy) is 2. The molecule has 0 saturated heterocycles. The Balaban J connectivity index is 2.79. The Bertz CT molecular complexity index is 529. The molecule has 0 N–H and O–H groups in total. The Kier molecular flexibility index (Phi) is 8.04. The molecule has 0 spiro atoms. The highest BCUT2D eigenvalue weighted by Gasteiger charge is 2.18. The Morgan fingerprint density at radius 1 is 1.22 bits per heavy atom. The van der Waals surface area contributed by atoms with E-state index in [1.54, 1.807) is 0 Å². The predicted molar refractivity (Wildman–Crippen MR) is 87.0 cm³/mol. The van der Waals surface area contributed by atoms with Gasteiger partial charge in [-0.1, -0.05) is 20.8 Å². The molecule has 7 heteroatoms. The van der Waals surface area contributed by atoms with Gasteiger partial charge in [0.25, 0.3) is 5.69 Å². The summed E-state index contributed by atoms with van der Waals surface area (Å²) in [6.07, 6.45) is 0.735. The normalized spacial score (nSPS) is 10.6. The number of hydrogen-bond acceptors (Lipinski definition) is 6. The first-order valence-electron chi connectivity index (χ1n) is 7.84. The van der Waals surface area contributed by atoms with Crippen LogP contribution in [0.25, 0.3) is 0 Å². The minimum absolute atomic E-state index is 0.115. The average Bonchev–Trinajstić information content (AvgIpc) is 2.56. The van der Waals surface area contributed by atoms with Crippen molar-refractivity contribution in [2.45, 2.75) is 27.2 Å². The fourth-order valence-electron chi connectivity index (χ4n) is 2.01. The van der Waals surface area contributed by atoms with Gasteiger partial charge in [0, 0.05) is 12.6 Å². The van der Waals surface area contributed by atoms with E-state index >= 15 is 0 Å². The quantitative estimate of drug-likeness (QED) is 0.374. The van der Waals surface area contributed by atoms with Gasteiger partial charge in [0.1, 0.15) is 17.9 Å². The van der Waals surface area contributed by atoms with Crippen LogP contribution in [0.4, 0.5) is 5.69 Å². The van der Waals surface area contributed by atoms with Crippen molar-refractivity contribution in [3.8, 4) is 5.75 Å². The van der Waals surface area contributed by atoms with Gasteiger partial charge in [-0.3, -0.25) is 10.1 Å². The van der Waals surface area contributed by atoms with E-state index in [1.165, 1.54) is 18.2 Å². The predicted octanol–water partition coefficient (Wildman–Crippen LogP) is 2.88. The zero-order valence-electron chi connectivity index (χ0n) is 13.9. The number of nitro groups is 1. The lowest BCUT2D eigenvalue weighted by Crippen LogP contribution is -2.28. The largest absolute Gasteiger partial charge is 0.492 e. The zero-order chi connectivity index (χ0) is 17.2. The Morgan fingerprint density at radius 3 is 2.48 bits per heavy atom. The molecule has 1 aromatic rings. The molecular formula is C16H24N2O5. The van der Waals surface area contributed by atoms with Gasteiger partial charge in [0.15, 0.2) is 0 Å². The first kappa shape index (κ1) is 18.9. The van der Waals surface area contributed by atoms with Gasteiger partial charge in [-0.2, -0.15) is 0 Å². The number of hydrogen-bond donors (Lipinski definition) is 0. The maximum absolute atomic E-state index is 12.2. The molecule has 1 aromatic carbocycles. The molecule has 0 aliphatic heterocycles. The molecule has 128 valence electrons. The van der Waals surface area contributed by atoms with Crippen molar-refractivity contribution in [3.63, 3.8) is 0 Å². The van der Waals surface area contributed by atoms with Crippen LogP contribution < -0.4 is 4.74 Å². The summed E-state index contributed by atoms with van der Waals surface area (Å²) in [7, 11) is 0. The minimum Gasteiger partial charge on any atom is -0.492 e. The first-order chi connectivity index (χ1) is 11.0. The topological polar surface area (TPSA) is 81.9 Å². The standard InChI is InChI=1S/C16H24N2O5/c1-4-10-22-15-12-13(18(20)21)7-8-14(15)16(19)23-11-9-17(5-2)6-3/h7-8,12H,4-6,9-11H2,1-3H3. The van der Waals surface area contributed by atoms with Crippen molar-refractivity contribution < 1.29 is 19.2 Å². The van der Waals surface area contributed by atoms with E-state index in [4.69, 9.17) is 9.47 Å². The zero-order valence-corrected chi connectivity index (χ0v) is 13.9. The number of nitrogens with zero attached hydrogens (tertiary/aromatic N) is 2. The summed E-state index contributed by atoms with van der Waals surface area (Å²) in [5.74, 6) is -0.341. The maximum Gasteiger partial charge on any atom is 0.341 e. The molecule has 0 amide bonds. The van der Waals surface area contributed by atoms with Gasteiger partial charge in [0.2, 0.25) is 0 Å².